The predicted molar refractivity (Wildman–Crippen MR) is 96.7 cm³/mol. The molecule has 2 heterocycles. The summed E-state index contributed by atoms with van der Waals surface area (Å²) in [5.41, 5.74) is 4.46. The molecule has 0 N–H and O–H groups in total. The van der Waals surface area contributed by atoms with E-state index in [-0.39, 0.29) is 0 Å². The van der Waals surface area contributed by atoms with Gasteiger partial charge in [-0.3, -0.25) is 0 Å². The Bertz CT molecular complexity index is 681. The molecule has 4 rings (SSSR count). The lowest BCUT2D eigenvalue weighted by atomic mass is 9.88. The second-order valence-electron chi connectivity index (χ2n) is 7.48. The van der Waals surface area contributed by atoms with Gasteiger partial charge < -0.3 is 9.38 Å². The van der Waals surface area contributed by atoms with Crippen LogP contribution in [0.25, 0.3) is 0 Å². The second kappa shape index (κ2) is 5.68. The van der Waals surface area contributed by atoms with E-state index in [1.165, 1.54) is 41.8 Å². The maximum atomic E-state index is 2.68. The van der Waals surface area contributed by atoms with E-state index in [4.69, 9.17) is 0 Å². The Hall–Kier alpha value is -1.80. The van der Waals surface area contributed by atoms with E-state index in [0.717, 1.165) is 6.54 Å². The maximum Gasteiger partial charge on any atom is 0.0875 e. The molecule has 3 atom stereocenters. The topological polar surface area (TPSA) is 3.24 Å². The third kappa shape index (κ3) is 2.55. The van der Waals surface area contributed by atoms with Crippen LogP contribution in [0.3, 0.4) is 0 Å². The number of likely N-dealkylation sites (tertiary alicyclic amines) is 1. The molecule has 23 heavy (non-hydrogen) atoms. The van der Waals surface area contributed by atoms with Crippen molar-refractivity contribution in [2.75, 3.05) is 31.6 Å². The number of rotatable bonds is 3. The summed E-state index contributed by atoms with van der Waals surface area (Å²) in [7, 11) is 2.43. The minimum absolute atomic E-state index is 0.672. The van der Waals surface area contributed by atoms with Crippen molar-refractivity contribution >= 4 is 5.69 Å². The van der Waals surface area contributed by atoms with Gasteiger partial charge in [0.2, 0.25) is 0 Å². The highest BCUT2D eigenvalue weighted by atomic mass is 15.4. The number of benzene rings is 2. The molecule has 0 spiro atoms. The lowest BCUT2D eigenvalue weighted by Crippen LogP contribution is -2.55. The number of hydrogen-bond acceptors (Lipinski definition) is 1. The number of likely N-dealkylation sites (N-methyl/N-ethyl adjacent to an activating group) is 1. The van der Waals surface area contributed by atoms with Gasteiger partial charge in [-0.05, 0) is 24.1 Å². The molecule has 0 bridgehead atoms. The Kier molecular flexibility index (Phi) is 3.65. The number of nitrogens with zero attached hydrogens (tertiary/aromatic N) is 2. The Balaban J connectivity index is 1.68. The molecule has 0 radical (unpaired) electrons. The van der Waals surface area contributed by atoms with Crippen molar-refractivity contribution in [3.8, 4) is 0 Å². The lowest BCUT2D eigenvalue weighted by Gasteiger charge is -2.44. The van der Waals surface area contributed by atoms with Crippen molar-refractivity contribution in [3.63, 3.8) is 0 Å². The predicted octanol–water partition coefficient (Wildman–Crippen LogP) is 4.03. The first-order chi connectivity index (χ1) is 11.2. The van der Waals surface area contributed by atoms with Gasteiger partial charge in [-0.25, -0.2) is 0 Å². The normalized spacial score (nSPS) is 29.2. The molecule has 1 saturated heterocycles. The van der Waals surface area contributed by atoms with E-state index in [2.05, 4.69) is 73.5 Å². The monoisotopic (exact) mass is 307 g/mol. The molecular weight excluding hydrogens is 280 g/mol. The Labute approximate surface area is 139 Å². The van der Waals surface area contributed by atoms with Crippen molar-refractivity contribution in [2.45, 2.75) is 31.8 Å². The van der Waals surface area contributed by atoms with Gasteiger partial charge in [-0.1, -0.05) is 48.5 Å². The smallest absolute Gasteiger partial charge is 0.0875 e. The van der Waals surface area contributed by atoms with E-state index in [1.807, 2.05) is 0 Å². The summed E-state index contributed by atoms with van der Waals surface area (Å²) in [6.07, 6.45) is 1.30. The molecule has 0 amide bonds. The van der Waals surface area contributed by atoms with Crippen LogP contribution in [0.4, 0.5) is 5.69 Å². The number of fused-ring (bicyclic) bond motifs is 3. The average Bonchev–Trinajstić information content (AvgIpc) is 2.89. The Morgan fingerprint density at radius 3 is 2.57 bits per heavy atom. The molecule has 1 fully saturated rings. The van der Waals surface area contributed by atoms with Gasteiger partial charge >= 0.3 is 0 Å². The van der Waals surface area contributed by atoms with Crippen molar-refractivity contribution < 1.29 is 4.48 Å². The second-order valence-corrected chi connectivity index (χ2v) is 7.48. The highest BCUT2D eigenvalue weighted by Gasteiger charge is 2.46. The molecule has 3 unspecified atom stereocenters. The first-order valence-corrected chi connectivity index (χ1v) is 8.93. The summed E-state index contributed by atoms with van der Waals surface area (Å²) in [4.78, 5) is 2.68. The summed E-state index contributed by atoms with van der Waals surface area (Å²) in [6.45, 7) is 7.20. The minimum Gasteiger partial charge on any atom is -0.363 e. The highest BCUT2D eigenvalue weighted by Crippen LogP contribution is 2.46. The molecular formula is C21H27N2+. The number of hydrogen-bond donors (Lipinski definition) is 0. The third-order valence-electron chi connectivity index (χ3n) is 6.07. The number of piperidine rings is 1. The largest absolute Gasteiger partial charge is 0.363 e. The fraction of sp³-hybridized carbons (Fsp3) is 0.429. The van der Waals surface area contributed by atoms with Gasteiger partial charge in [-0.15, -0.1) is 0 Å². The molecule has 0 aliphatic carbocycles. The van der Waals surface area contributed by atoms with Crippen molar-refractivity contribution in [1.29, 1.82) is 0 Å². The summed E-state index contributed by atoms with van der Waals surface area (Å²) in [5.74, 6) is 0.689. The fourth-order valence-electron chi connectivity index (χ4n) is 4.52. The quantitative estimate of drug-likeness (QED) is 0.774. The Morgan fingerprint density at radius 1 is 1.04 bits per heavy atom. The van der Waals surface area contributed by atoms with E-state index in [9.17, 15) is 0 Å². The van der Waals surface area contributed by atoms with Crippen molar-refractivity contribution in [1.82, 2.24) is 0 Å². The van der Waals surface area contributed by atoms with Crippen LogP contribution in [0.15, 0.2) is 54.6 Å². The number of quaternary nitrogens is 1. The summed E-state index contributed by atoms with van der Waals surface area (Å²) < 4.78 is 1.22. The van der Waals surface area contributed by atoms with Gasteiger partial charge in [0.05, 0.1) is 32.6 Å². The zero-order chi connectivity index (χ0) is 15.9. The highest BCUT2D eigenvalue weighted by molar-refractivity contribution is 5.62. The van der Waals surface area contributed by atoms with Crippen molar-refractivity contribution in [2.24, 2.45) is 0 Å². The van der Waals surface area contributed by atoms with Crippen LogP contribution in [0.1, 0.15) is 30.4 Å². The summed E-state index contributed by atoms with van der Waals surface area (Å²) in [6, 6.07) is 20.7. The molecule has 2 aromatic carbocycles. The van der Waals surface area contributed by atoms with Crippen molar-refractivity contribution in [3.05, 3.63) is 65.7 Å². The average molecular weight is 307 g/mol. The standard InChI is InChI=1S/C21H27N2/c1-3-23(2)14-13-21-19(16-23)18-11-7-8-12-20(18)22(21)15-17-9-5-4-6-10-17/h4-12,19,21H,3,13-16H2,1-2H3/q+1. The molecule has 2 heteroatoms. The first kappa shape index (κ1) is 14.8. The fourth-order valence-corrected chi connectivity index (χ4v) is 4.52. The minimum atomic E-state index is 0.672. The van der Waals surface area contributed by atoms with Crippen LogP contribution in [0.5, 0.6) is 0 Å². The van der Waals surface area contributed by atoms with Crippen LogP contribution >= 0.6 is 0 Å². The van der Waals surface area contributed by atoms with Crippen LogP contribution < -0.4 is 4.90 Å². The number of para-hydroxylation sites is 1. The summed E-state index contributed by atoms with van der Waals surface area (Å²) >= 11 is 0. The van der Waals surface area contributed by atoms with Crippen LogP contribution in [0.2, 0.25) is 0 Å². The summed E-state index contributed by atoms with van der Waals surface area (Å²) in [5, 5.41) is 0. The zero-order valence-corrected chi connectivity index (χ0v) is 14.3. The zero-order valence-electron chi connectivity index (χ0n) is 14.3. The van der Waals surface area contributed by atoms with Gasteiger partial charge in [0.15, 0.2) is 0 Å². The van der Waals surface area contributed by atoms with Gasteiger partial charge in [0, 0.05) is 24.7 Å². The van der Waals surface area contributed by atoms with Crippen LogP contribution in [-0.4, -0.2) is 37.2 Å². The molecule has 0 saturated carbocycles. The molecule has 120 valence electrons. The Morgan fingerprint density at radius 2 is 1.78 bits per heavy atom. The first-order valence-electron chi connectivity index (χ1n) is 8.93. The molecule has 2 aliphatic heterocycles. The van der Waals surface area contributed by atoms with Crippen LogP contribution in [-0.2, 0) is 6.54 Å². The molecule has 2 aliphatic rings. The van der Waals surface area contributed by atoms with E-state index >= 15 is 0 Å². The van der Waals surface area contributed by atoms with Crippen LogP contribution in [0, 0.1) is 0 Å². The van der Waals surface area contributed by atoms with E-state index in [0.29, 0.717) is 12.0 Å². The van der Waals surface area contributed by atoms with E-state index in [1.54, 1.807) is 5.56 Å². The maximum absolute atomic E-state index is 2.68. The molecule has 2 nitrogen and oxygen atoms in total. The number of anilines is 1. The molecule has 0 aromatic heterocycles. The van der Waals surface area contributed by atoms with E-state index < -0.39 is 0 Å². The van der Waals surface area contributed by atoms with Gasteiger partial charge in [0.25, 0.3) is 0 Å². The SMILES string of the molecule is CC[N+]1(C)CCC2C(C1)c1ccccc1N2Cc1ccccc1. The third-order valence-corrected chi connectivity index (χ3v) is 6.07. The van der Waals surface area contributed by atoms with Gasteiger partial charge in [-0.2, -0.15) is 0 Å². The van der Waals surface area contributed by atoms with Gasteiger partial charge in [0.1, 0.15) is 0 Å². The molecule has 2 aromatic rings. The lowest BCUT2D eigenvalue weighted by molar-refractivity contribution is -0.913.